The van der Waals surface area contributed by atoms with Gasteiger partial charge < -0.3 is 10.6 Å². The number of hydrogen-bond donors (Lipinski definition) is 1. The monoisotopic (exact) mass is 268 g/mol. The summed E-state index contributed by atoms with van der Waals surface area (Å²) in [7, 11) is 0. The van der Waals surface area contributed by atoms with Crippen LogP contribution in [-0.2, 0) is 0 Å². The highest BCUT2D eigenvalue weighted by Gasteiger charge is 2.15. The second-order valence-corrected chi connectivity index (χ2v) is 4.54. The van der Waals surface area contributed by atoms with Crippen LogP contribution in [0.1, 0.15) is 30.1 Å². The smallest absolute Gasteiger partial charge is 0.253 e. The average molecular weight is 268 g/mol. The fourth-order valence-corrected chi connectivity index (χ4v) is 1.73. The molecule has 0 fully saturated rings. The van der Waals surface area contributed by atoms with Crippen molar-refractivity contribution in [3.8, 4) is 0 Å². The summed E-state index contributed by atoms with van der Waals surface area (Å²) in [6.45, 7) is 3.06. The highest BCUT2D eigenvalue weighted by molar-refractivity contribution is 7.80. The molecule has 0 aliphatic rings. The number of carbonyl (C=O) groups excluding carboxylic acids is 1. The molecule has 0 aliphatic carbocycles. The molecule has 0 atom stereocenters. The summed E-state index contributed by atoms with van der Waals surface area (Å²) in [6, 6.07) is 5.69. The van der Waals surface area contributed by atoms with Gasteiger partial charge in [0, 0.05) is 25.1 Å². The third-order valence-electron chi connectivity index (χ3n) is 2.48. The lowest BCUT2D eigenvalue weighted by atomic mass is 10.2. The van der Waals surface area contributed by atoms with Crippen molar-refractivity contribution in [1.82, 2.24) is 4.90 Å². The van der Waals surface area contributed by atoms with Gasteiger partial charge in [-0.15, -0.1) is 0 Å². The van der Waals surface area contributed by atoms with Crippen molar-refractivity contribution in [2.45, 2.75) is 19.8 Å². The van der Waals surface area contributed by atoms with Gasteiger partial charge in [-0.05, 0) is 24.6 Å². The second kappa shape index (κ2) is 7.06. The van der Waals surface area contributed by atoms with E-state index >= 15 is 0 Å². The van der Waals surface area contributed by atoms with Gasteiger partial charge in [0.05, 0.1) is 4.99 Å². The van der Waals surface area contributed by atoms with Crippen molar-refractivity contribution in [3.05, 3.63) is 35.6 Å². The van der Waals surface area contributed by atoms with E-state index < -0.39 is 5.82 Å². The van der Waals surface area contributed by atoms with E-state index in [1.165, 1.54) is 18.2 Å². The van der Waals surface area contributed by atoms with Crippen molar-refractivity contribution in [1.29, 1.82) is 0 Å². The number of nitrogens with zero attached hydrogens (tertiary/aromatic N) is 1. The molecule has 0 aliphatic heterocycles. The molecule has 0 spiro atoms. The first-order chi connectivity index (χ1) is 8.54. The molecule has 0 bridgehead atoms. The molecule has 0 saturated carbocycles. The fraction of sp³-hybridized carbons (Fsp3) is 0.385. The van der Waals surface area contributed by atoms with E-state index in [-0.39, 0.29) is 5.91 Å². The Morgan fingerprint density at radius 2 is 2.17 bits per heavy atom. The Hall–Kier alpha value is -1.49. The largest absolute Gasteiger partial charge is 0.393 e. The minimum atomic E-state index is -0.411. The summed E-state index contributed by atoms with van der Waals surface area (Å²) >= 11 is 4.80. The predicted molar refractivity (Wildman–Crippen MR) is 74.0 cm³/mol. The molecule has 2 N–H and O–H groups in total. The van der Waals surface area contributed by atoms with Crippen LogP contribution in [0.3, 0.4) is 0 Å². The van der Waals surface area contributed by atoms with Crippen LogP contribution in [0, 0.1) is 5.82 Å². The maximum absolute atomic E-state index is 13.1. The van der Waals surface area contributed by atoms with Crippen LogP contribution in [0.25, 0.3) is 0 Å². The number of benzene rings is 1. The number of amides is 1. The minimum absolute atomic E-state index is 0.187. The van der Waals surface area contributed by atoms with Gasteiger partial charge in [0.1, 0.15) is 5.82 Å². The highest BCUT2D eigenvalue weighted by Crippen LogP contribution is 2.08. The number of thiocarbonyl (C=S) groups is 1. The summed E-state index contributed by atoms with van der Waals surface area (Å²) < 4.78 is 13.1. The third kappa shape index (κ3) is 4.41. The lowest BCUT2D eigenvalue weighted by Crippen LogP contribution is -2.34. The Bertz CT molecular complexity index is 437. The van der Waals surface area contributed by atoms with Crippen molar-refractivity contribution in [2.75, 3.05) is 13.1 Å². The van der Waals surface area contributed by atoms with E-state index in [4.69, 9.17) is 18.0 Å². The highest BCUT2D eigenvalue weighted by atomic mass is 32.1. The molecule has 0 aromatic heterocycles. The Morgan fingerprint density at radius 3 is 2.72 bits per heavy atom. The average Bonchev–Trinajstić information content (AvgIpc) is 2.33. The normalized spacial score (nSPS) is 10.1. The molecule has 0 radical (unpaired) electrons. The molecule has 1 amide bonds. The van der Waals surface area contributed by atoms with Gasteiger partial charge in [0.25, 0.3) is 5.91 Å². The van der Waals surface area contributed by atoms with E-state index in [1.807, 2.05) is 6.92 Å². The molecule has 1 aromatic rings. The molecular weight excluding hydrogens is 251 g/mol. The van der Waals surface area contributed by atoms with E-state index in [2.05, 4.69) is 0 Å². The maximum atomic E-state index is 13.1. The van der Waals surface area contributed by atoms with E-state index in [0.717, 1.165) is 6.42 Å². The summed E-state index contributed by atoms with van der Waals surface area (Å²) in [5.74, 6) is -0.598. The molecule has 18 heavy (non-hydrogen) atoms. The Labute approximate surface area is 112 Å². The minimum Gasteiger partial charge on any atom is -0.393 e. The number of halogens is 1. The zero-order chi connectivity index (χ0) is 13.5. The number of nitrogens with two attached hydrogens (primary N) is 1. The van der Waals surface area contributed by atoms with Gasteiger partial charge >= 0.3 is 0 Å². The van der Waals surface area contributed by atoms with Crippen LogP contribution in [0.15, 0.2) is 24.3 Å². The second-order valence-electron chi connectivity index (χ2n) is 4.02. The van der Waals surface area contributed by atoms with Gasteiger partial charge in [-0.3, -0.25) is 4.79 Å². The van der Waals surface area contributed by atoms with Gasteiger partial charge in [-0.2, -0.15) is 0 Å². The molecule has 1 aromatic carbocycles. The zero-order valence-electron chi connectivity index (χ0n) is 10.4. The quantitative estimate of drug-likeness (QED) is 0.806. The Balaban J connectivity index is 2.78. The molecule has 98 valence electrons. The summed E-state index contributed by atoms with van der Waals surface area (Å²) in [4.78, 5) is 14.2. The van der Waals surface area contributed by atoms with Crippen LogP contribution in [0.4, 0.5) is 4.39 Å². The van der Waals surface area contributed by atoms with Crippen molar-refractivity contribution >= 4 is 23.1 Å². The number of rotatable bonds is 6. The van der Waals surface area contributed by atoms with Crippen molar-refractivity contribution in [3.63, 3.8) is 0 Å². The number of carbonyl (C=O) groups is 1. The predicted octanol–water partition coefficient (Wildman–Crippen LogP) is 2.35. The number of hydrogen-bond acceptors (Lipinski definition) is 2. The molecule has 1 rings (SSSR count). The van der Waals surface area contributed by atoms with Crippen LogP contribution in [0.2, 0.25) is 0 Å². The van der Waals surface area contributed by atoms with Crippen LogP contribution in [-0.4, -0.2) is 28.9 Å². The van der Waals surface area contributed by atoms with Gasteiger partial charge in [0.2, 0.25) is 0 Å². The first kappa shape index (κ1) is 14.6. The molecule has 0 saturated heterocycles. The SMILES string of the molecule is CCCN(CCC(N)=S)C(=O)c1cccc(F)c1. The van der Waals surface area contributed by atoms with Crippen LogP contribution < -0.4 is 5.73 Å². The van der Waals surface area contributed by atoms with E-state index in [0.29, 0.717) is 30.1 Å². The zero-order valence-corrected chi connectivity index (χ0v) is 11.2. The van der Waals surface area contributed by atoms with Crippen molar-refractivity contribution in [2.24, 2.45) is 5.73 Å². The standard InChI is InChI=1S/C13H17FN2OS/c1-2-7-16(8-6-12(15)18)13(17)10-4-3-5-11(14)9-10/h3-5,9H,2,6-8H2,1H3,(H2,15,18). The molecule has 0 heterocycles. The molecule has 5 heteroatoms. The third-order valence-corrected chi connectivity index (χ3v) is 2.68. The van der Waals surface area contributed by atoms with Crippen molar-refractivity contribution < 1.29 is 9.18 Å². The first-order valence-electron chi connectivity index (χ1n) is 5.87. The summed E-state index contributed by atoms with van der Waals surface area (Å²) in [5.41, 5.74) is 5.79. The molecular formula is C13H17FN2OS. The lowest BCUT2D eigenvalue weighted by molar-refractivity contribution is 0.0759. The van der Waals surface area contributed by atoms with Gasteiger partial charge in [0.15, 0.2) is 0 Å². The lowest BCUT2D eigenvalue weighted by Gasteiger charge is -2.22. The molecule has 3 nitrogen and oxygen atoms in total. The maximum Gasteiger partial charge on any atom is 0.253 e. The van der Waals surface area contributed by atoms with Crippen LogP contribution >= 0.6 is 12.2 Å². The van der Waals surface area contributed by atoms with Gasteiger partial charge in [-0.25, -0.2) is 4.39 Å². The van der Waals surface area contributed by atoms with Crippen LogP contribution in [0.5, 0.6) is 0 Å². The van der Waals surface area contributed by atoms with Gasteiger partial charge in [-0.1, -0.05) is 25.2 Å². The summed E-state index contributed by atoms with van der Waals surface area (Å²) in [5, 5.41) is 0. The van der Waals surface area contributed by atoms with E-state index in [9.17, 15) is 9.18 Å². The fourth-order valence-electron chi connectivity index (χ4n) is 1.63. The first-order valence-corrected chi connectivity index (χ1v) is 6.28. The van der Waals surface area contributed by atoms with E-state index in [1.54, 1.807) is 11.0 Å². The Kier molecular flexibility index (Phi) is 5.71. The molecule has 0 unspecified atom stereocenters. The summed E-state index contributed by atoms with van der Waals surface area (Å²) in [6.07, 6.45) is 1.31. The topological polar surface area (TPSA) is 46.3 Å². The Morgan fingerprint density at radius 1 is 1.44 bits per heavy atom.